The highest BCUT2D eigenvalue weighted by atomic mass is 16.7. The van der Waals surface area contributed by atoms with Gasteiger partial charge in [0.15, 0.2) is 11.5 Å². The van der Waals surface area contributed by atoms with Gasteiger partial charge >= 0.3 is 7.12 Å². The first-order valence-electron chi connectivity index (χ1n) is 24.3. The number of hydrogen-bond acceptors (Lipinski definition) is 11. The van der Waals surface area contributed by atoms with Crippen LogP contribution in [0.5, 0.6) is 11.5 Å². The van der Waals surface area contributed by atoms with Crippen LogP contribution in [0, 0.1) is 17.3 Å². The summed E-state index contributed by atoms with van der Waals surface area (Å²) in [4.78, 5) is 69.2. The van der Waals surface area contributed by atoms with E-state index in [-0.39, 0.29) is 43.1 Å². The fourth-order valence-electron chi connectivity index (χ4n) is 10.1. The maximum Gasteiger partial charge on any atom is 0.481 e. The van der Waals surface area contributed by atoms with Gasteiger partial charge in [0.05, 0.1) is 17.6 Å². The lowest BCUT2D eigenvalue weighted by atomic mass is 9.43. The molecule has 1 unspecified atom stereocenters. The third-order valence-corrected chi connectivity index (χ3v) is 14.5. The number of nitrogens with one attached hydrogen (secondary N) is 5. The first-order valence-corrected chi connectivity index (χ1v) is 24.3. The van der Waals surface area contributed by atoms with E-state index < -0.39 is 78.1 Å². The van der Waals surface area contributed by atoms with E-state index in [1.54, 1.807) is 12.1 Å². The van der Waals surface area contributed by atoms with Gasteiger partial charge in [-0.15, -0.1) is 0 Å². The van der Waals surface area contributed by atoms with Crippen LogP contribution in [-0.2, 0) is 41.3 Å². The molecule has 3 aliphatic carbocycles. The molecule has 9 atom stereocenters. The van der Waals surface area contributed by atoms with Crippen LogP contribution in [0.15, 0.2) is 66.7 Å². The van der Waals surface area contributed by atoms with Crippen molar-refractivity contribution in [2.45, 2.75) is 148 Å². The Morgan fingerprint density at radius 1 is 0.706 bits per heavy atom. The minimum Gasteiger partial charge on any atom is -0.504 e. The van der Waals surface area contributed by atoms with Crippen LogP contribution in [-0.4, -0.2) is 102 Å². The minimum absolute atomic E-state index is 0.0318. The van der Waals surface area contributed by atoms with Crippen molar-refractivity contribution in [2.24, 2.45) is 28.7 Å². The van der Waals surface area contributed by atoms with Crippen LogP contribution in [0.1, 0.15) is 114 Å². The summed E-state index contributed by atoms with van der Waals surface area (Å²) >= 11 is 0. The van der Waals surface area contributed by atoms with Crippen molar-refractivity contribution >= 4 is 36.7 Å². The fraction of sp³-hybridized carbons (Fsp3) is 0.549. The van der Waals surface area contributed by atoms with Crippen molar-refractivity contribution in [1.29, 1.82) is 0 Å². The summed E-state index contributed by atoms with van der Waals surface area (Å²) in [5, 5.41) is 34.1. The van der Waals surface area contributed by atoms with Gasteiger partial charge < -0.3 is 57.6 Å². The summed E-state index contributed by atoms with van der Waals surface area (Å²) in [5.74, 6) is -3.51. The molecule has 3 aromatic carbocycles. The van der Waals surface area contributed by atoms with Gasteiger partial charge in [-0.25, -0.2) is 0 Å². The highest BCUT2D eigenvalue weighted by Gasteiger charge is 2.68. The lowest BCUT2D eigenvalue weighted by Gasteiger charge is -2.64. The van der Waals surface area contributed by atoms with Crippen LogP contribution >= 0.6 is 0 Å². The minimum atomic E-state index is -1.33. The number of phenols is 2. The molecule has 368 valence electrons. The van der Waals surface area contributed by atoms with Gasteiger partial charge in [0, 0.05) is 12.0 Å². The molecule has 11 N–H and O–H groups in total. The molecule has 1 aliphatic heterocycles. The molecule has 0 aromatic heterocycles. The molecule has 3 aromatic rings. The molecular formula is C51H72BN7O9. The van der Waals surface area contributed by atoms with E-state index >= 15 is 0 Å². The van der Waals surface area contributed by atoms with E-state index in [0.717, 1.165) is 43.2 Å². The lowest BCUT2D eigenvalue weighted by Crippen LogP contribution is -2.65. The molecule has 4 aliphatic rings. The number of hydrogen-bond donors (Lipinski definition) is 9. The van der Waals surface area contributed by atoms with E-state index in [4.69, 9.17) is 20.8 Å². The Kier molecular flexibility index (Phi) is 17.4. The van der Waals surface area contributed by atoms with Crippen LogP contribution < -0.4 is 38.1 Å². The number of aromatic hydroxyl groups is 2. The van der Waals surface area contributed by atoms with Crippen molar-refractivity contribution in [1.82, 2.24) is 26.6 Å². The molecule has 2 bridgehead atoms. The number of rotatable bonds is 23. The topological polar surface area (TPSA) is 256 Å². The van der Waals surface area contributed by atoms with Crippen molar-refractivity contribution in [2.75, 3.05) is 13.1 Å². The van der Waals surface area contributed by atoms with E-state index in [9.17, 15) is 34.2 Å². The number of amides is 5. The Bertz CT molecular complexity index is 2250. The molecular weight excluding hydrogens is 865 g/mol. The van der Waals surface area contributed by atoms with Crippen molar-refractivity contribution in [3.63, 3.8) is 0 Å². The van der Waals surface area contributed by atoms with E-state index in [2.05, 4.69) is 78.5 Å². The predicted octanol–water partition coefficient (Wildman–Crippen LogP) is 4.17. The van der Waals surface area contributed by atoms with Gasteiger partial charge in [0.2, 0.25) is 23.6 Å². The SMILES string of the molecule is CCCCc1ccc(-c2ccc(C(=O)N[C@@H](CCN)C(=O)N[C@@H](Cc3ccc(O)c(O)c3)C(=O)N[C@@H](C)C(=O)N[C@@H](CCCCN)C(=O)N[C@@H](C)B3OC4C[C@@H]5C[C@@H](C5(C)C)[C@]4(C)O3)cc2)cc1. The van der Waals surface area contributed by atoms with Gasteiger partial charge in [0.1, 0.15) is 24.2 Å². The zero-order chi connectivity index (χ0) is 49.3. The second kappa shape index (κ2) is 22.7. The predicted molar refractivity (Wildman–Crippen MR) is 261 cm³/mol. The number of carbonyl (C=O) groups is 5. The zero-order valence-corrected chi connectivity index (χ0v) is 40.4. The summed E-state index contributed by atoms with van der Waals surface area (Å²) in [6.45, 7) is 12.5. The van der Waals surface area contributed by atoms with Gasteiger partial charge in [-0.2, -0.15) is 0 Å². The maximum atomic E-state index is 14.1. The molecule has 0 spiro atoms. The van der Waals surface area contributed by atoms with Gasteiger partial charge in [-0.3, -0.25) is 24.0 Å². The Hall–Kier alpha value is -5.49. The molecule has 3 saturated carbocycles. The summed E-state index contributed by atoms with van der Waals surface area (Å²) < 4.78 is 13.0. The number of benzene rings is 3. The molecule has 4 fully saturated rings. The smallest absolute Gasteiger partial charge is 0.481 e. The van der Waals surface area contributed by atoms with E-state index in [1.165, 1.54) is 30.7 Å². The Labute approximate surface area is 401 Å². The van der Waals surface area contributed by atoms with E-state index in [1.807, 2.05) is 19.1 Å². The average molecular weight is 938 g/mol. The Morgan fingerprint density at radius 3 is 1.96 bits per heavy atom. The highest BCUT2D eigenvalue weighted by Crippen LogP contribution is 2.65. The second-order valence-electron chi connectivity index (χ2n) is 19.8. The van der Waals surface area contributed by atoms with Crippen molar-refractivity contribution < 1.29 is 43.5 Å². The summed E-state index contributed by atoms with van der Waals surface area (Å²) in [6.07, 6.45) is 6.49. The monoisotopic (exact) mass is 938 g/mol. The summed E-state index contributed by atoms with van der Waals surface area (Å²) in [7, 11) is -0.668. The van der Waals surface area contributed by atoms with Crippen LogP contribution in [0.4, 0.5) is 0 Å². The first-order chi connectivity index (χ1) is 32.4. The Balaban J connectivity index is 1.09. The highest BCUT2D eigenvalue weighted by molar-refractivity contribution is 6.47. The molecule has 5 amide bonds. The largest absolute Gasteiger partial charge is 0.504 e. The van der Waals surface area contributed by atoms with Gasteiger partial charge in [-0.05, 0) is 149 Å². The third-order valence-electron chi connectivity index (χ3n) is 14.5. The van der Waals surface area contributed by atoms with E-state index in [0.29, 0.717) is 42.3 Å². The first kappa shape index (κ1) is 51.9. The second-order valence-corrected chi connectivity index (χ2v) is 19.8. The molecule has 7 rings (SSSR count). The summed E-state index contributed by atoms with van der Waals surface area (Å²) in [6, 6.07) is 14.7. The molecule has 17 heteroatoms. The molecule has 68 heavy (non-hydrogen) atoms. The van der Waals surface area contributed by atoms with Crippen molar-refractivity contribution in [3.8, 4) is 22.6 Å². The Morgan fingerprint density at radius 2 is 1.32 bits per heavy atom. The molecule has 1 heterocycles. The van der Waals surface area contributed by atoms with Crippen molar-refractivity contribution in [3.05, 3.63) is 83.4 Å². The molecule has 1 saturated heterocycles. The lowest BCUT2D eigenvalue weighted by molar-refractivity contribution is -0.199. The number of unbranched alkanes of at least 4 members (excludes halogenated alkanes) is 2. The van der Waals surface area contributed by atoms with Crippen LogP contribution in [0.2, 0.25) is 0 Å². The number of phenolic OH excluding ortho intramolecular Hbond substituents is 2. The average Bonchev–Trinajstić information content (AvgIpc) is 3.69. The molecule has 0 radical (unpaired) electrons. The standard InChI is InChI=1S/C51H72BN7O9/c1-7-8-11-32-13-16-34(17-14-32)35-18-20-36(21-19-35)46(63)58-39(23-25-54)48(65)59-40(26-33-15-22-41(60)42(61)27-33)49(66)55-30(2)45(62)57-38(12-9-10-24-53)47(64)56-31(3)52-67-44-29-37-28-43(50(37,4)5)51(44,6)68-52/h13-22,27,30-31,37-40,43-44,60-61H,7-12,23-26,28-29,53-54H2,1-6H3,(H,55,66)(H,56,64)(H,57,62)(H,58,63)(H,59,65)/t30-,31-,37-,38-,39-,40-,43-,44?,51-/m0/s1. The normalized spacial score (nSPS) is 22.3. The zero-order valence-electron chi connectivity index (χ0n) is 40.4. The van der Waals surface area contributed by atoms with Gasteiger partial charge in [0.25, 0.3) is 5.91 Å². The third kappa shape index (κ3) is 12.2. The van der Waals surface area contributed by atoms with Crippen LogP contribution in [0.25, 0.3) is 11.1 Å². The fourth-order valence-corrected chi connectivity index (χ4v) is 10.1. The number of aryl methyl sites for hydroxylation is 1. The quantitative estimate of drug-likeness (QED) is 0.0371. The van der Waals surface area contributed by atoms with Crippen LogP contribution in [0.3, 0.4) is 0 Å². The number of nitrogens with two attached hydrogens (primary N) is 2. The maximum absolute atomic E-state index is 14.1. The molecule has 16 nitrogen and oxygen atoms in total. The summed E-state index contributed by atoms with van der Waals surface area (Å²) in [5.41, 5.74) is 15.2. The number of carbonyl (C=O) groups excluding carboxylic acids is 5. The van der Waals surface area contributed by atoms with Gasteiger partial charge in [-0.1, -0.05) is 69.7 Å².